The second-order valence-corrected chi connectivity index (χ2v) is 5.28. The number of rotatable bonds is 10. The standard InChI is InChI=1S/C14H25ClN4O/c1-4-7-17-14-18-10-12(15)13(19-14)16-8-5-6-9-20-11(2)3/h10-11H,4-9H2,1-3H3,(H2,16,17,18,19). The minimum Gasteiger partial charge on any atom is -0.379 e. The molecule has 6 heteroatoms. The van der Waals surface area contributed by atoms with Gasteiger partial charge in [0.15, 0.2) is 0 Å². The van der Waals surface area contributed by atoms with E-state index in [-0.39, 0.29) is 0 Å². The van der Waals surface area contributed by atoms with E-state index in [1.807, 2.05) is 13.8 Å². The maximum absolute atomic E-state index is 6.07. The molecule has 0 fully saturated rings. The van der Waals surface area contributed by atoms with Gasteiger partial charge in [0.1, 0.15) is 10.8 Å². The van der Waals surface area contributed by atoms with Crippen LogP contribution in [-0.2, 0) is 4.74 Å². The van der Waals surface area contributed by atoms with Crippen molar-refractivity contribution < 1.29 is 4.74 Å². The number of hydrogen-bond donors (Lipinski definition) is 2. The fourth-order valence-electron chi connectivity index (χ4n) is 1.57. The molecule has 0 spiro atoms. The first kappa shape index (κ1) is 17.0. The Kier molecular flexibility index (Phi) is 8.30. The Morgan fingerprint density at radius 3 is 2.75 bits per heavy atom. The summed E-state index contributed by atoms with van der Waals surface area (Å²) >= 11 is 6.07. The van der Waals surface area contributed by atoms with Crippen LogP contribution >= 0.6 is 11.6 Å². The van der Waals surface area contributed by atoms with Crippen LogP contribution in [0.15, 0.2) is 6.20 Å². The molecule has 0 aromatic carbocycles. The average molecular weight is 301 g/mol. The zero-order valence-corrected chi connectivity index (χ0v) is 13.3. The van der Waals surface area contributed by atoms with Gasteiger partial charge >= 0.3 is 0 Å². The molecule has 0 saturated heterocycles. The van der Waals surface area contributed by atoms with Crippen LogP contribution < -0.4 is 10.6 Å². The first-order chi connectivity index (χ1) is 9.63. The van der Waals surface area contributed by atoms with Gasteiger partial charge in [-0.05, 0) is 33.1 Å². The molecule has 0 aliphatic rings. The van der Waals surface area contributed by atoms with E-state index in [9.17, 15) is 0 Å². The molecule has 0 bridgehead atoms. The van der Waals surface area contributed by atoms with E-state index in [0.29, 0.717) is 22.9 Å². The zero-order chi connectivity index (χ0) is 14.8. The highest BCUT2D eigenvalue weighted by atomic mass is 35.5. The molecule has 0 saturated carbocycles. The Balaban J connectivity index is 2.31. The molecule has 1 rings (SSSR count). The monoisotopic (exact) mass is 300 g/mol. The van der Waals surface area contributed by atoms with Crippen LogP contribution in [-0.4, -0.2) is 35.8 Å². The summed E-state index contributed by atoms with van der Waals surface area (Å²) in [6.07, 6.45) is 4.99. The zero-order valence-electron chi connectivity index (χ0n) is 12.6. The van der Waals surface area contributed by atoms with Gasteiger partial charge in [-0.3, -0.25) is 0 Å². The first-order valence-corrected chi connectivity index (χ1v) is 7.63. The smallest absolute Gasteiger partial charge is 0.224 e. The van der Waals surface area contributed by atoms with Gasteiger partial charge in [0.05, 0.1) is 12.3 Å². The summed E-state index contributed by atoms with van der Waals surface area (Å²) in [6, 6.07) is 0. The first-order valence-electron chi connectivity index (χ1n) is 7.25. The van der Waals surface area contributed by atoms with Crippen LogP contribution in [0.3, 0.4) is 0 Å². The van der Waals surface area contributed by atoms with Gasteiger partial charge in [-0.2, -0.15) is 4.98 Å². The Morgan fingerprint density at radius 2 is 2.05 bits per heavy atom. The van der Waals surface area contributed by atoms with Crippen molar-refractivity contribution in [3.63, 3.8) is 0 Å². The fourth-order valence-corrected chi connectivity index (χ4v) is 1.72. The van der Waals surface area contributed by atoms with Crippen LogP contribution in [0.1, 0.15) is 40.0 Å². The molecule has 2 N–H and O–H groups in total. The van der Waals surface area contributed by atoms with Gasteiger partial charge in [0.25, 0.3) is 0 Å². The van der Waals surface area contributed by atoms with Crippen molar-refractivity contribution in [2.24, 2.45) is 0 Å². The predicted octanol–water partition coefficient (Wildman–Crippen LogP) is 3.57. The molecule has 1 aromatic heterocycles. The normalized spacial score (nSPS) is 10.8. The number of halogens is 1. The summed E-state index contributed by atoms with van der Waals surface area (Å²) < 4.78 is 5.49. The van der Waals surface area contributed by atoms with Crippen LogP contribution in [0, 0.1) is 0 Å². The van der Waals surface area contributed by atoms with E-state index in [1.165, 1.54) is 0 Å². The van der Waals surface area contributed by atoms with Crippen molar-refractivity contribution in [1.82, 2.24) is 9.97 Å². The number of hydrogen-bond acceptors (Lipinski definition) is 5. The lowest BCUT2D eigenvalue weighted by Gasteiger charge is -2.10. The third-order valence-electron chi connectivity index (χ3n) is 2.59. The van der Waals surface area contributed by atoms with Crippen LogP contribution in [0.25, 0.3) is 0 Å². The van der Waals surface area contributed by atoms with Gasteiger partial charge < -0.3 is 15.4 Å². The lowest BCUT2D eigenvalue weighted by molar-refractivity contribution is 0.0765. The molecule has 0 radical (unpaired) electrons. The molecule has 1 aromatic rings. The number of ether oxygens (including phenoxy) is 1. The Labute approximate surface area is 126 Å². The van der Waals surface area contributed by atoms with Crippen LogP contribution in [0.2, 0.25) is 5.02 Å². The van der Waals surface area contributed by atoms with Crippen molar-refractivity contribution in [1.29, 1.82) is 0 Å². The molecule has 114 valence electrons. The van der Waals surface area contributed by atoms with Crippen molar-refractivity contribution in [3.8, 4) is 0 Å². The van der Waals surface area contributed by atoms with Crippen molar-refractivity contribution in [2.45, 2.75) is 46.1 Å². The number of nitrogens with one attached hydrogen (secondary N) is 2. The highest BCUT2D eigenvalue weighted by Crippen LogP contribution is 2.19. The summed E-state index contributed by atoms with van der Waals surface area (Å²) in [6.45, 7) is 8.66. The lowest BCUT2D eigenvalue weighted by Crippen LogP contribution is -2.10. The van der Waals surface area contributed by atoms with Gasteiger partial charge in [-0.25, -0.2) is 4.98 Å². The van der Waals surface area contributed by atoms with Gasteiger partial charge in [-0.15, -0.1) is 0 Å². The van der Waals surface area contributed by atoms with E-state index in [2.05, 4.69) is 27.5 Å². The SMILES string of the molecule is CCCNc1ncc(Cl)c(NCCCCOC(C)C)n1. The van der Waals surface area contributed by atoms with Gasteiger partial charge in [-0.1, -0.05) is 18.5 Å². The van der Waals surface area contributed by atoms with E-state index in [4.69, 9.17) is 16.3 Å². The second kappa shape index (κ2) is 9.77. The number of unbranched alkanes of at least 4 members (excludes halogenated alkanes) is 1. The van der Waals surface area contributed by atoms with Gasteiger partial charge in [0.2, 0.25) is 5.95 Å². The van der Waals surface area contributed by atoms with Crippen molar-refractivity contribution in [3.05, 3.63) is 11.2 Å². The maximum atomic E-state index is 6.07. The van der Waals surface area contributed by atoms with Crippen molar-refractivity contribution >= 4 is 23.4 Å². The summed E-state index contributed by atoms with van der Waals surface area (Å²) in [4.78, 5) is 8.50. The van der Waals surface area contributed by atoms with E-state index >= 15 is 0 Å². The number of anilines is 2. The summed E-state index contributed by atoms with van der Waals surface area (Å²) in [5.41, 5.74) is 0. The van der Waals surface area contributed by atoms with E-state index < -0.39 is 0 Å². The minimum absolute atomic E-state index is 0.298. The fraction of sp³-hybridized carbons (Fsp3) is 0.714. The molecular weight excluding hydrogens is 276 g/mol. The largest absolute Gasteiger partial charge is 0.379 e. The van der Waals surface area contributed by atoms with E-state index in [0.717, 1.165) is 39.0 Å². The third-order valence-corrected chi connectivity index (χ3v) is 2.87. The Bertz CT molecular complexity index is 387. The molecule has 20 heavy (non-hydrogen) atoms. The lowest BCUT2D eigenvalue weighted by atomic mass is 10.3. The summed E-state index contributed by atoms with van der Waals surface area (Å²) in [5, 5.41) is 6.93. The summed E-state index contributed by atoms with van der Waals surface area (Å²) in [5.74, 6) is 1.30. The third kappa shape index (κ3) is 6.91. The highest BCUT2D eigenvalue weighted by Gasteiger charge is 2.04. The average Bonchev–Trinajstić information content (AvgIpc) is 2.42. The molecule has 0 amide bonds. The molecule has 0 aliphatic heterocycles. The predicted molar refractivity (Wildman–Crippen MR) is 84.6 cm³/mol. The topological polar surface area (TPSA) is 59.1 Å². The van der Waals surface area contributed by atoms with Gasteiger partial charge in [0, 0.05) is 19.7 Å². The molecule has 0 unspecified atom stereocenters. The molecule has 1 heterocycles. The molecule has 0 atom stereocenters. The Hall–Kier alpha value is -1.07. The molecule has 0 aliphatic carbocycles. The molecule has 5 nitrogen and oxygen atoms in total. The quantitative estimate of drug-likeness (QED) is 0.647. The Morgan fingerprint density at radius 1 is 1.25 bits per heavy atom. The minimum atomic E-state index is 0.298. The summed E-state index contributed by atoms with van der Waals surface area (Å²) in [7, 11) is 0. The van der Waals surface area contributed by atoms with Crippen LogP contribution in [0.4, 0.5) is 11.8 Å². The number of nitrogens with zero attached hydrogens (tertiary/aromatic N) is 2. The van der Waals surface area contributed by atoms with E-state index in [1.54, 1.807) is 6.20 Å². The maximum Gasteiger partial charge on any atom is 0.224 e. The molecular formula is C14H25ClN4O. The van der Waals surface area contributed by atoms with Crippen LogP contribution in [0.5, 0.6) is 0 Å². The van der Waals surface area contributed by atoms with Crippen molar-refractivity contribution in [2.75, 3.05) is 30.3 Å². The highest BCUT2D eigenvalue weighted by molar-refractivity contribution is 6.32. The second-order valence-electron chi connectivity index (χ2n) is 4.87. The number of aromatic nitrogens is 2.